The van der Waals surface area contributed by atoms with E-state index < -0.39 is 12.1 Å². The molecule has 0 aromatic carbocycles. The molecule has 1 aliphatic rings. The van der Waals surface area contributed by atoms with E-state index in [0.29, 0.717) is 11.6 Å². The summed E-state index contributed by atoms with van der Waals surface area (Å²) in [6, 6.07) is -0.259. The summed E-state index contributed by atoms with van der Waals surface area (Å²) >= 11 is 1.53. The fraction of sp³-hybridized carbons (Fsp3) is 0.556. The van der Waals surface area contributed by atoms with Gasteiger partial charge in [0.15, 0.2) is 0 Å². The van der Waals surface area contributed by atoms with Crippen LogP contribution in [-0.4, -0.2) is 46.3 Å². The molecule has 1 heterocycles. The van der Waals surface area contributed by atoms with Crippen LogP contribution in [0.5, 0.6) is 0 Å². The van der Waals surface area contributed by atoms with E-state index >= 15 is 0 Å². The van der Waals surface area contributed by atoms with Crippen LogP contribution in [0.3, 0.4) is 0 Å². The molecule has 0 unspecified atom stereocenters. The first-order valence-corrected chi connectivity index (χ1v) is 5.64. The fourth-order valence-electron chi connectivity index (χ4n) is 1.27. The van der Waals surface area contributed by atoms with Crippen LogP contribution in [0.2, 0.25) is 0 Å². The summed E-state index contributed by atoms with van der Waals surface area (Å²) in [6.07, 6.45) is 0.981. The van der Waals surface area contributed by atoms with Crippen molar-refractivity contribution in [1.29, 1.82) is 0 Å². The molecule has 0 saturated carbocycles. The van der Waals surface area contributed by atoms with E-state index in [0.717, 1.165) is 0 Å². The highest BCUT2D eigenvalue weighted by molar-refractivity contribution is 7.99. The second kappa shape index (κ2) is 5.65. The quantitative estimate of drug-likeness (QED) is 0.735. The molecule has 1 saturated heterocycles. The van der Waals surface area contributed by atoms with Crippen LogP contribution in [0.15, 0.2) is 12.7 Å². The molecule has 0 radical (unpaired) electrons. The Balaban J connectivity index is 2.47. The number of aliphatic carboxylic acids is 1. The lowest BCUT2D eigenvalue weighted by Gasteiger charge is -2.21. The van der Waals surface area contributed by atoms with E-state index in [1.807, 2.05) is 0 Å². The number of carboxylic acids is 1. The number of carbonyl (C=O) groups is 2. The van der Waals surface area contributed by atoms with Crippen molar-refractivity contribution in [3.63, 3.8) is 0 Å². The van der Waals surface area contributed by atoms with E-state index in [4.69, 9.17) is 9.84 Å². The summed E-state index contributed by atoms with van der Waals surface area (Å²) < 4.78 is 4.85. The molecule has 1 rings (SSSR count). The van der Waals surface area contributed by atoms with Crippen molar-refractivity contribution in [1.82, 2.24) is 4.90 Å². The number of carbonyl (C=O) groups excluding carboxylic acids is 1. The van der Waals surface area contributed by atoms with Crippen LogP contribution in [0.1, 0.15) is 6.42 Å². The van der Waals surface area contributed by atoms with Gasteiger partial charge in [-0.15, -0.1) is 11.8 Å². The number of nitrogens with zero attached hydrogens (tertiary/aromatic N) is 1. The third-order valence-corrected chi connectivity index (χ3v) is 3.03. The van der Waals surface area contributed by atoms with Gasteiger partial charge >= 0.3 is 12.1 Å². The average molecular weight is 231 g/mol. The van der Waals surface area contributed by atoms with Gasteiger partial charge in [0, 0.05) is 5.75 Å². The minimum atomic E-state index is -0.899. The highest BCUT2D eigenvalue weighted by atomic mass is 32.2. The van der Waals surface area contributed by atoms with Crippen LogP contribution in [-0.2, 0) is 9.53 Å². The zero-order valence-corrected chi connectivity index (χ0v) is 9.03. The number of thioether (sulfide) groups is 1. The molecule has 1 N–H and O–H groups in total. The minimum Gasteiger partial charge on any atom is -0.481 e. The van der Waals surface area contributed by atoms with E-state index in [-0.39, 0.29) is 19.1 Å². The standard InChI is InChI=1S/C9H13NO4S/c1-2-3-14-9(13)10-6-15-5-7(10)4-8(11)12/h2,7H,1,3-6H2,(H,11,12)/t7-/m1/s1. The van der Waals surface area contributed by atoms with Gasteiger partial charge in [-0.25, -0.2) is 4.79 Å². The molecule has 0 aromatic heterocycles. The molecule has 5 nitrogen and oxygen atoms in total. The van der Waals surface area contributed by atoms with Gasteiger partial charge < -0.3 is 9.84 Å². The monoisotopic (exact) mass is 231 g/mol. The Bertz CT molecular complexity index is 269. The lowest BCUT2D eigenvalue weighted by molar-refractivity contribution is -0.137. The summed E-state index contributed by atoms with van der Waals surface area (Å²) in [7, 11) is 0. The predicted molar refractivity (Wildman–Crippen MR) is 56.7 cm³/mol. The second-order valence-electron chi connectivity index (χ2n) is 3.09. The lowest BCUT2D eigenvalue weighted by atomic mass is 10.2. The molecule has 0 aliphatic carbocycles. The van der Waals surface area contributed by atoms with E-state index in [9.17, 15) is 9.59 Å². The predicted octanol–water partition coefficient (Wildman–Crippen LogP) is 1.16. The summed E-state index contributed by atoms with van der Waals surface area (Å²) in [4.78, 5) is 23.4. The van der Waals surface area contributed by atoms with Gasteiger partial charge in [-0.05, 0) is 0 Å². The highest BCUT2D eigenvalue weighted by Gasteiger charge is 2.31. The SMILES string of the molecule is C=CCOC(=O)N1CSC[C@H]1CC(=O)O. The molecule has 6 heteroatoms. The van der Waals surface area contributed by atoms with Gasteiger partial charge in [0.25, 0.3) is 0 Å². The van der Waals surface area contributed by atoms with Gasteiger partial charge in [-0.2, -0.15) is 0 Å². The number of hydrogen-bond donors (Lipinski definition) is 1. The van der Waals surface area contributed by atoms with Crippen LogP contribution >= 0.6 is 11.8 Å². The van der Waals surface area contributed by atoms with Crippen LogP contribution in [0, 0.1) is 0 Å². The summed E-state index contributed by atoms with van der Waals surface area (Å²) in [5.74, 6) is 0.243. The van der Waals surface area contributed by atoms with Crippen LogP contribution < -0.4 is 0 Å². The maximum Gasteiger partial charge on any atom is 0.411 e. The normalized spacial score (nSPS) is 20.0. The topological polar surface area (TPSA) is 66.8 Å². The van der Waals surface area contributed by atoms with Crippen molar-refractivity contribution < 1.29 is 19.4 Å². The Morgan fingerprint density at radius 2 is 2.40 bits per heavy atom. The maximum atomic E-state index is 11.4. The first-order valence-electron chi connectivity index (χ1n) is 4.49. The fourth-order valence-corrected chi connectivity index (χ4v) is 2.46. The van der Waals surface area contributed by atoms with E-state index in [2.05, 4.69) is 6.58 Å². The molecule has 1 fully saturated rings. The van der Waals surface area contributed by atoms with Gasteiger partial charge in [-0.1, -0.05) is 12.7 Å². The second-order valence-corrected chi connectivity index (χ2v) is 4.09. The number of carboxylic acid groups (broad SMARTS) is 1. The summed E-state index contributed by atoms with van der Waals surface area (Å²) in [5.41, 5.74) is 0. The minimum absolute atomic E-state index is 0.0316. The van der Waals surface area contributed by atoms with E-state index in [1.54, 1.807) is 0 Å². The van der Waals surface area contributed by atoms with Crippen molar-refractivity contribution in [3.8, 4) is 0 Å². The van der Waals surface area contributed by atoms with Crippen molar-refractivity contribution in [2.24, 2.45) is 0 Å². The molecular weight excluding hydrogens is 218 g/mol. The van der Waals surface area contributed by atoms with Crippen molar-refractivity contribution in [2.75, 3.05) is 18.2 Å². The number of rotatable bonds is 4. The smallest absolute Gasteiger partial charge is 0.411 e. The maximum absolute atomic E-state index is 11.4. The van der Waals surface area contributed by atoms with E-state index in [1.165, 1.54) is 22.7 Å². The van der Waals surface area contributed by atoms with Gasteiger partial charge in [-0.3, -0.25) is 9.69 Å². The van der Waals surface area contributed by atoms with Crippen molar-refractivity contribution in [2.45, 2.75) is 12.5 Å². The van der Waals surface area contributed by atoms with Crippen molar-refractivity contribution in [3.05, 3.63) is 12.7 Å². The Kier molecular flexibility index (Phi) is 4.48. The zero-order chi connectivity index (χ0) is 11.3. The molecule has 1 aliphatic heterocycles. The molecule has 0 aromatic rings. The number of hydrogen-bond acceptors (Lipinski definition) is 4. The molecular formula is C9H13NO4S. The zero-order valence-electron chi connectivity index (χ0n) is 8.22. The number of ether oxygens (including phenoxy) is 1. The van der Waals surface area contributed by atoms with Crippen LogP contribution in [0.4, 0.5) is 4.79 Å². The van der Waals surface area contributed by atoms with Crippen molar-refractivity contribution >= 4 is 23.8 Å². The van der Waals surface area contributed by atoms with Gasteiger partial charge in [0.2, 0.25) is 0 Å². The Morgan fingerprint density at radius 3 is 3.00 bits per heavy atom. The summed E-state index contributed by atoms with van der Waals surface area (Å²) in [5, 5.41) is 8.65. The third-order valence-electron chi connectivity index (χ3n) is 1.95. The molecule has 1 amide bonds. The van der Waals surface area contributed by atoms with Gasteiger partial charge in [0.05, 0.1) is 18.3 Å². The molecule has 84 valence electrons. The average Bonchev–Trinajstić information content (AvgIpc) is 2.61. The molecule has 0 bridgehead atoms. The third kappa shape index (κ3) is 3.47. The molecule has 15 heavy (non-hydrogen) atoms. The lowest BCUT2D eigenvalue weighted by Crippen LogP contribution is -2.38. The molecule has 1 atom stereocenters. The van der Waals surface area contributed by atoms with Crippen LogP contribution in [0.25, 0.3) is 0 Å². The Hall–Kier alpha value is -1.17. The largest absolute Gasteiger partial charge is 0.481 e. The highest BCUT2D eigenvalue weighted by Crippen LogP contribution is 2.23. The molecule has 0 spiro atoms. The first kappa shape index (κ1) is 11.9. The van der Waals surface area contributed by atoms with Gasteiger partial charge in [0.1, 0.15) is 6.61 Å². The number of amides is 1. The summed E-state index contributed by atoms with van der Waals surface area (Å²) in [6.45, 7) is 3.58. The Morgan fingerprint density at radius 1 is 1.67 bits per heavy atom. The first-order chi connectivity index (χ1) is 7.15. The Labute approximate surface area is 92.1 Å².